The van der Waals surface area contributed by atoms with Crippen molar-refractivity contribution in [3.05, 3.63) is 47.4 Å². The molecule has 2 N–H and O–H groups in total. The number of carbonyl (C=O) groups is 2. The molecule has 0 bridgehead atoms. The van der Waals surface area contributed by atoms with Crippen LogP contribution < -0.4 is 10.6 Å². The van der Waals surface area contributed by atoms with Crippen molar-refractivity contribution in [1.82, 2.24) is 29.9 Å². The molecular weight excluding hydrogens is 486 g/mol. The largest absolute Gasteiger partial charge is 0.441 e. The lowest BCUT2D eigenvalue weighted by Crippen LogP contribution is -2.34. The average molecular weight is 507 g/mol. The van der Waals surface area contributed by atoms with E-state index in [1.807, 2.05) is 0 Å². The molecule has 1 atom stereocenters. The second-order valence-corrected chi connectivity index (χ2v) is 8.21. The van der Waals surface area contributed by atoms with Gasteiger partial charge in [0.25, 0.3) is 5.92 Å². The summed E-state index contributed by atoms with van der Waals surface area (Å²) < 4.78 is 33.4. The van der Waals surface area contributed by atoms with Gasteiger partial charge in [0.15, 0.2) is 11.5 Å². The number of carbonyl (C=O) groups excluding carboxylic acids is 2. The van der Waals surface area contributed by atoms with E-state index < -0.39 is 30.7 Å². The first kappa shape index (κ1) is 24.3. The fourth-order valence-corrected chi connectivity index (χ4v) is 3.71. The smallest absolute Gasteiger partial charge is 0.413 e. The van der Waals surface area contributed by atoms with Gasteiger partial charge in [-0.15, -0.1) is 5.10 Å². The quantitative estimate of drug-likeness (QED) is 0.498. The molecule has 0 unspecified atom stereocenters. The van der Waals surface area contributed by atoms with E-state index in [1.165, 1.54) is 23.1 Å². The van der Waals surface area contributed by atoms with Gasteiger partial charge in [0.1, 0.15) is 11.3 Å². The summed E-state index contributed by atoms with van der Waals surface area (Å²) in [5.74, 6) is -2.65. The number of halogens is 3. The van der Waals surface area contributed by atoms with Crippen LogP contribution in [0.5, 0.6) is 0 Å². The van der Waals surface area contributed by atoms with Crippen LogP contribution in [0.15, 0.2) is 36.7 Å². The van der Waals surface area contributed by atoms with Crippen LogP contribution in [0.1, 0.15) is 25.0 Å². The zero-order valence-electron chi connectivity index (χ0n) is 18.7. The summed E-state index contributed by atoms with van der Waals surface area (Å²) in [4.78, 5) is 34.0. The van der Waals surface area contributed by atoms with Crippen molar-refractivity contribution >= 4 is 35.2 Å². The van der Waals surface area contributed by atoms with Gasteiger partial charge in [-0.25, -0.2) is 28.0 Å². The van der Waals surface area contributed by atoms with Crippen molar-refractivity contribution in [2.45, 2.75) is 25.4 Å². The number of rotatable bonds is 5. The molecule has 3 amide bonds. The van der Waals surface area contributed by atoms with Crippen LogP contribution in [0.2, 0.25) is 5.15 Å². The number of nitrogens with zero attached hydrogens (tertiary/aromatic N) is 6. The van der Waals surface area contributed by atoms with Crippen molar-refractivity contribution < 1.29 is 23.1 Å². The van der Waals surface area contributed by atoms with Crippen molar-refractivity contribution in [2.24, 2.45) is 7.05 Å². The molecule has 1 fully saturated rings. The Morgan fingerprint density at radius 1 is 1.23 bits per heavy atom. The standard InChI is InChI=1S/C21H21ClF2N8O3/c1-12(14-4-3-8-25-17(14)22)35-20(34)28-18-16(29-30-31(18)2)15-6-5-13(10-26-15)27-19(33)32-9-7-21(23,24)11-32/h3-6,8,10,12H,7,9,11H2,1-2H3,(H,27,33)(H,28,34)/t12-/m1/s1. The van der Waals surface area contributed by atoms with E-state index in [1.54, 1.807) is 32.2 Å². The molecule has 3 aromatic heterocycles. The van der Waals surface area contributed by atoms with E-state index in [9.17, 15) is 18.4 Å². The van der Waals surface area contributed by atoms with Crippen LogP contribution in [0.25, 0.3) is 11.4 Å². The van der Waals surface area contributed by atoms with Gasteiger partial charge in [-0.1, -0.05) is 22.9 Å². The van der Waals surface area contributed by atoms with Crippen LogP contribution >= 0.6 is 11.6 Å². The molecule has 1 aliphatic heterocycles. The van der Waals surface area contributed by atoms with Gasteiger partial charge < -0.3 is 15.0 Å². The highest BCUT2D eigenvalue weighted by atomic mass is 35.5. The molecule has 0 aromatic carbocycles. The maximum Gasteiger partial charge on any atom is 0.413 e. The molecule has 1 saturated heterocycles. The number of hydrogen-bond acceptors (Lipinski definition) is 7. The van der Waals surface area contributed by atoms with Crippen LogP contribution in [-0.2, 0) is 11.8 Å². The summed E-state index contributed by atoms with van der Waals surface area (Å²) in [7, 11) is 1.58. The van der Waals surface area contributed by atoms with Gasteiger partial charge in [0, 0.05) is 31.8 Å². The predicted octanol–water partition coefficient (Wildman–Crippen LogP) is 4.11. The second kappa shape index (κ2) is 9.78. The van der Waals surface area contributed by atoms with E-state index in [0.29, 0.717) is 16.9 Å². The SMILES string of the molecule is C[C@@H](OC(=O)Nc1c(-c2ccc(NC(=O)N3CCC(F)(F)C3)cn2)nnn1C)c1cccnc1Cl. The Hall–Kier alpha value is -3.87. The molecule has 11 nitrogen and oxygen atoms in total. The number of amides is 3. The molecule has 0 aliphatic carbocycles. The van der Waals surface area contributed by atoms with E-state index in [4.69, 9.17) is 16.3 Å². The Bertz CT molecular complexity index is 1240. The molecule has 1 aliphatic rings. The van der Waals surface area contributed by atoms with Crippen LogP contribution in [0.4, 0.5) is 29.9 Å². The number of ether oxygens (including phenoxy) is 1. The number of aromatic nitrogens is 5. The molecule has 184 valence electrons. The first-order chi connectivity index (χ1) is 16.6. The molecular formula is C21H21ClF2N8O3. The number of alkyl halides is 2. The highest BCUT2D eigenvalue weighted by molar-refractivity contribution is 6.30. The third-order valence-electron chi connectivity index (χ3n) is 5.27. The lowest BCUT2D eigenvalue weighted by atomic mass is 10.2. The Labute approximate surface area is 203 Å². The summed E-state index contributed by atoms with van der Waals surface area (Å²) in [6.07, 6.45) is 1.08. The molecule has 3 aromatic rings. The number of hydrogen-bond donors (Lipinski definition) is 2. The molecule has 4 heterocycles. The van der Waals surface area contributed by atoms with Crippen molar-refractivity contribution in [3.63, 3.8) is 0 Å². The number of anilines is 2. The maximum absolute atomic E-state index is 13.3. The first-order valence-corrected chi connectivity index (χ1v) is 10.9. The van der Waals surface area contributed by atoms with Crippen LogP contribution in [-0.4, -0.2) is 61.0 Å². The van der Waals surface area contributed by atoms with Gasteiger partial charge in [-0.3, -0.25) is 10.3 Å². The molecule has 0 saturated carbocycles. The number of nitrogens with one attached hydrogen (secondary N) is 2. The summed E-state index contributed by atoms with van der Waals surface area (Å²) in [5, 5.41) is 13.3. The normalized spacial score (nSPS) is 15.5. The first-order valence-electron chi connectivity index (χ1n) is 10.5. The average Bonchev–Trinajstić information content (AvgIpc) is 3.36. The van der Waals surface area contributed by atoms with Gasteiger partial charge in [-0.2, -0.15) is 0 Å². The zero-order valence-corrected chi connectivity index (χ0v) is 19.5. The van der Waals surface area contributed by atoms with Gasteiger partial charge in [-0.05, 0) is 25.1 Å². The highest BCUT2D eigenvalue weighted by Crippen LogP contribution is 2.28. The number of urea groups is 1. The van der Waals surface area contributed by atoms with Gasteiger partial charge >= 0.3 is 12.1 Å². The minimum atomic E-state index is -2.88. The maximum atomic E-state index is 13.3. The Morgan fingerprint density at radius 3 is 2.69 bits per heavy atom. The predicted molar refractivity (Wildman–Crippen MR) is 122 cm³/mol. The number of pyridine rings is 2. The lowest BCUT2D eigenvalue weighted by molar-refractivity contribution is 0.0159. The summed E-state index contributed by atoms with van der Waals surface area (Å²) in [5.41, 5.74) is 1.47. The van der Waals surface area contributed by atoms with E-state index in [0.717, 1.165) is 4.90 Å². The third-order valence-corrected chi connectivity index (χ3v) is 5.59. The monoisotopic (exact) mass is 506 g/mol. The number of aryl methyl sites for hydroxylation is 1. The highest BCUT2D eigenvalue weighted by Gasteiger charge is 2.40. The lowest BCUT2D eigenvalue weighted by Gasteiger charge is -2.17. The number of likely N-dealkylation sites (tertiary alicyclic amines) is 1. The zero-order chi connectivity index (χ0) is 25.2. The van der Waals surface area contributed by atoms with E-state index in [2.05, 4.69) is 30.9 Å². The molecule has 14 heteroatoms. The minimum absolute atomic E-state index is 0.0271. The van der Waals surface area contributed by atoms with Crippen molar-refractivity contribution in [2.75, 3.05) is 23.7 Å². The van der Waals surface area contributed by atoms with Crippen LogP contribution in [0.3, 0.4) is 0 Å². The topological polar surface area (TPSA) is 127 Å². The summed E-state index contributed by atoms with van der Waals surface area (Å²) in [6, 6.07) is 5.83. The van der Waals surface area contributed by atoms with Gasteiger partial charge in [0.05, 0.1) is 24.1 Å². The Morgan fingerprint density at radius 2 is 2.03 bits per heavy atom. The minimum Gasteiger partial charge on any atom is -0.441 e. The molecule has 4 rings (SSSR count). The van der Waals surface area contributed by atoms with E-state index >= 15 is 0 Å². The van der Waals surface area contributed by atoms with E-state index in [-0.39, 0.29) is 29.6 Å². The fraction of sp³-hybridized carbons (Fsp3) is 0.333. The molecule has 0 radical (unpaired) electrons. The third kappa shape index (κ3) is 5.62. The Balaban J connectivity index is 1.42. The van der Waals surface area contributed by atoms with Gasteiger partial charge in [0.2, 0.25) is 0 Å². The van der Waals surface area contributed by atoms with Crippen LogP contribution in [0, 0.1) is 0 Å². The Kier molecular flexibility index (Phi) is 6.78. The molecule has 35 heavy (non-hydrogen) atoms. The summed E-state index contributed by atoms with van der Waals surface area (Å²) in [6.45, 7) is 1.00. The fourth-order valence-electron chi connectivity index (χ4n) is 3.44. The van der Waals surface area contributed by atoms with Crippen molar-refractivity contribution in [1.29, 1.82) is 0 Å². The summed E-state index contributed by atoms with van der Waals surface area (Å²) >= 11 is 6.05. The van der Waals surface area contributed by atoms with Crippen molar-refractivity contribution in [3.8, 4) is 11.4 Å². The second-order valence-electron chi connectivity index (χ2n) is 7.86. The molecule has 0 spiro atoms.